The highest BCUT2D eigenvalue weighted by molar-refractivity contribution is 5.94. The highest BCUT2D eigenvalue weighted by Crippen LogP contribution is 2.28. The van der Waals surface area contributed by atoms with Crippen molar-refractivity contribution in [1.82, 2.24) is 0 Å². The highest BCUT2D eigenvalue weighted by Gasteiger charge is 2.13. The lowest BCUT2D eigenvalue weighted by molar-refractivity contribution is -0.147. The zero-order valence-electron chi connectivity index (χ0n) is 17.7. The Kier molecular flexibility index (Phi) is 9.15. The molecule has 2 aromatic carbocycles. The molecule has 0 aliphatic carbocycles. The normalized spacial score (nSPS) is 10.0. The molecule has 0 radical (unpaired) electrons. The van der Waals surface area contributed by atoms with Gasteiger partial charge in [0.25, 0.3) is 5.91 Å². The average molecular weight is 430 g/mol. The Labute approximate surface area is 180 Å². The van der Waals surface area contributed by atoms with E-state index in [2.05, 4.69) is 10.6 Å². The van der Waals surface area contributed by atoms with E-state index in [0.29, 0.717) is 28.6 Å². The highest BCUT2D eigenvalue weighted by atomic mass is 16.5. The van der Waals surface area contributed by atoms with Gasteiger partial charge in [-0.25, -0.2) is 0 Å². The Morgan fingerprint density at radius 2 is 1.45 bits per heavy atom. The molecule has 9 heteroatoms. The van der Waals surface area contributed by atoms with Gasteiger partial charge in [-0.3, -0.25) is 14.4 Å². The minimum atomic E-state index is -0.571. The van der Waals surface area contributed by atoms with E-state index in [9.17, 15) is 14.4 Å². The van der Waals surface area contributed by atoms with Crippen molar-refractivity contribution in [1.29, 1.82) is 0 Å². The van der Waals surface area contributed by atoms with Crippen LogP contribution in [-0.2, 0) is 19.1 Å². The lowest BCUT2D eigenvalue weighted by Crippen LogP contribution is -2.21. The predicted octanol–water partition coefficient (Wildman–Crippen LogP) is 3.00. The molecule has 0 atom stereocenters. The molecule has 2 N–H and O–H groups in total. The maximum atomic E-state index is 12.1. The zero-order chi connectivity index (χ0) is 22.6. The van der Waals surface area contributed by atoms with E-state index in [1.54, 1.807) is 42.5 Å². The van der Waals surface area contributed by atoms with Crippen molar-refractivity contribution in [2.75, 3.05) is 38.6 Å². The number of methoxy groups -OCH3 is 3. The van der Waals surface area contributed by atoms with Crippen molar-refractivity contribution in [2.24, 2.45) is 0 Å². The second-order valence-electron chi connectivity index (χ2n) is 6.38. The molecule has 31 heavy (non-hydrogen) atoms. The first-order valence-corrected chi connectivity index (χ1v) is 9.57. The summed E-state index contributed by atoms with van der Waals surface area (Å²) < 4.78 is 20.4. The van der Waals surface area contributed by atoms with Crippen molar-refractivity contribution in [3.05, 3.63) is 42.5 Å². The van der Waals surface area contributed by atoms with E-state index < -0.39 is 18.5 Å². The summed E-state index contributed by atoms with van der Waals surface area (Å²) in [6.07, 6.45) is 0.417. The van der Waals surface area contributed by atoms with Crippen LogP contribution in [0, 0.1) is 0 Å². The van der Waals surface area contributed by atoms with Gasteiger partial charge >= 0.3 is 5.97 Å². The summed E-state index contributed by atoms with van der Waals surface area (Å²) in [5.41, 5.74) is 0.957. The number of carbonyl (C=O) groups excluding carboxylic acids is 3. The lowest BCUT2D eigenvalue weighted by atomic mass is 10.2. The third-order valence-electron chi connectivity index (χ3n) is 4.21. The van der Waals surface area contributed by atoms with E-state index in [-0.39, 0.29) is 25.2 Å². The number of hydrogen-bond acceptors (Lipinski definition) is 7. The number of benzene rings is 2. The molecule has 166 valence electrons. The number of rotatable bonds is 11. The minimum absolute atomic E-state index is 0.00903. The molecule has 2 aromatic rings. The van der Waals surface area contributed by atoms with Gasteiger partial charge in [0.15, 0.2) is 6.61 Å². The summed E-state index contributed by atoms with van der Waals surface area (Å²) in [4.78, 5) is 36.0. The second kappa shape index (κ2) is 12.1. The summed E-state index contributed by atoms with van der Waals surface area (Å²) in [6, 6.07) is 12.0. The first-order valence-electron chi connectivity index (χ1n) is 9.57. The number of ether oxygens (including phenoxy) is 4. The number of anilines is 2. The largest absolute Gasteiger partial charge is 0.497 e. The number of nitrogens with one attached hydrogen (secondary N) is 2. The molecule has 2 amide bonds. The Balaban J connectivity index is 1.72. The van der Waals surface area contributed by atoms with E-state index in [0.717, 1.165) is 0 Å². The van der Waals surface area contributed by atoms with Crippen LogP contribution in [0.1, 0.15) is 19.3 Å². The molecule has 2 rings (SSSR count). The summed E-state index contributed by atoms with van der Waals surface area (Å²) in [6.45, 7) is -0.452. The van der Waals surface area contributed by atoms with Crippen LogP contribution >= 0.6 is 0 Å². The van der Waals surface area contributed by atoms with Crippen LogP contribution in [0.3, 0.4) is 0 Å². The molecule has 0 heterocycles. The molecule has 0 aromatic heterocycles. The van der Waals surface area contributed by atoms with Crippen molar-refractivity contribution in [3.63, 3.8) is 0 Å². The van der Waals surface area contributed by atoms with Crippen LogP contribution in [0.25, 0.3) is 0 Å². The van der Waals surface area contributed by atoms with Crippen molar-refractivity contribution in [2.45, 2.75) is 19.3 Å². The van der Waals surface area contributed by atoms with Gasteiger partial charge in [0, 0.05) is 18.9 Å². The van der Waals surface area contributed by atoms with E-state index in [1.165, 1.54) is 21.3 Å². The topological polar surface area (TPSA) is 112 Å². The Morgan fingerprint density at radius 1 is 0.774 bits per heavy atom. The monoisotopic (exact) mass is 430 g/mol. The number of amides is 2. The standard InChI is InChI=1S/C22H26N2O7/c1-28-15-11-12-19(30-3)17(13-15)24-21(26)14-31-22(27)10-6-9-20(25)23-16-7-4-5-8-18(16)29-2/h4-5,7-8,11-13H,6,9-10,14H2,1-3H3,(H,23,25)(H,24,26). The lowest BCUT2D eigenvalue weighted by Gasteiger charge is -2.12. The van der Waals surface area contributed by atoms with Gasteiger partial charge in [0.2, 0.25) is 5.91 Å². The summed E-state index contributed by atoms with van der Waals surface area (Å²) in [5, 5.41) is 5.34. The summed E-state index contributed by atoms with van der Waals surface area (Å²) in [5.74, 6) is 0.196. The fraction of sp³-hybridized carbons (Fsp3) is 0.318. The van der Waals surface area contributed by atoms with Gasteiger partial charge < -0.3 is 29.6 Å². The molecular formula is C22H26N2O7. The predicted molar refractivity (Wildman–Crippen MR) is 115 cm³/mol. The third-order valence-corrected chi connectivity index (χ3v) is 4.21. The number of carbonyl (C=O) groups is 3. The Hall–Kier alpha value is -3.75. The molecule has 0 unspecified atom stereocenters. The molecule has 0 aliphatic heterocycles. The smallest absolute Gasteiger partial charge is 0.306 e. The first-order chi connectivity index (χ1) is 15.0. The molecule has 0 saturated heterocycles. The van der Waals surface area contributed by atoms with Crippen LogP contribution in [0.4, 0.5) is 11.4 Å². The van der Waals surface area contributed by atoms with Gasteiger partial charge in [0.05, 0.1) is 32.7 Å². The molecule has 9 nitrogen and oxygen atoms in total. The minimum Gasteiger partial charge on any atom is -0.497 e. The Bertz CT molecular complexity index is 914. The molecule has 0 spiro atoms. The van der Waals surface area contributed by atoms with E-state index >= 15 is 0 Å². The summed E-state index contributed by atoms with van der Waals surface area (Å²) >= 11 is 0. The fourth-order valence-corrected chi connectivity index (χ4v) is 2.67. The maximum Gasteiger partial charge on any atom is 0.306 e. The quantitative estimate of drug-likeness (QED) is 0.527. The van der Waals surface area contributed by atoms with Gasteiger partial charge in [0.1, 0.15) is 17.2 Å². The molecular weight excluding hydrogens is 404 g/mol. The number of hydrogen-bond donors (Lipinski definition) is 2. The van der Waals surface area contributed by atoms with E-state index in [4.69, 9.17) is 18.9 Å². The van der Waals surface area contributed by atoms with Crippen LogP contribution in [0.15, 0.2) is 42.5 Å². The SMILES string of the molecule is COc1ccc(OC)c(NC(=O)COC(=O)CCCC(=O)Nc2ccccc2OC)c1. The van der Waals surface area contributed by atoms with Crippen molar-refractivity contribution >= 4 is 29.2 Å². The van der Waals surface area contributed by atoms with Gasteiger partial charge in [-0.2, -0.15) is 0 Å². The average Bonchev–Trinajstić information content (AvgIpc) is 2.78. The first kappa shape index (κ1) is 23.5. The maximum absolute atomic E-state index is 12.1. The van der Waals surface area contributed by atoms with Gasteiger partial charge in [-0.05, 0) is 30.7 Å². The van der Waals surface area contributed by atoms with Crippen LogP contribution in [-0.4, -0.2) is 45.7 Å². The number of esters is 1. The van der Waals surface area contributed by atoms with Gasteiger partial charge in [-0.15, -0.1) is 0 Å². The fourth-order valence-electron chi connectivity index (χ4n) is 2.67. The van der Waals surface area contributed by atoms with Crippen LogP contribution in [0.5, 0.6) is 17.2 Å². The van der Waals surface area contributed by atoms with Crippen molar-refractivity contribution in [3.8, 4) is 17.2 Å². The summed E-state index contributed by atoms with van der Waals surface area (Å²) in [7, 11) is 4.49. The van der Waals surface area contributed by atoms with Gasteiger partial charge in [-0.1, -0.05) is 12.1 Å². The third kappa shape index (κ3) is 7.54. The molecule has 0 fully saturated rings. The van der Waals surface area contributed by atoms with Crippen LogP contribution < -0.4 is 24.8 Å². The molecule has 0 aliphatic rings. The van der Waals surface area contributed by atoms with Crippen molar-refractivity contribution < 1.29 is 33.3 Å². The van der Waals surface area contributed by atoms with Crippen LogP contribution in [0.2, 0.25) is 0 Å². The molecule has 0 bridgehead atoms. The second-order valence-corrected chi connectivity index (χ2v) is 6.38. The number of para-hydroxylation sites is 2. The Morgan fingerprint density at radius 3 is 2.16 bits per heavy atom. The zero-order valence-corrected chi connectivity index (χ0v) is 17.7. The van der Waals surface area contributed by atoms with E-state index in [1.807, 2.05) is 0 Å². The molecule has 0 saturated carbocycles.